The van der Waals surface area contributed by atoms with E-state index >= 15 is 0 Å². The van der Waals surface area contributed by atoms with Gasteiger partial charge in [-0.05, 0) is 24.3 Å². The van der Waals surface area contributed by atoms with Crippen molar-refractivity contribution in [3.63, 3.8) is 0 Å². The Morgan fingerprint density at radius 2 is 1.74 bits per heavy atom. The van der Waals surface area contributed by atoms with Gasteiger partial charge in [-0.2, -0.15) is 0 Å². The Kier molecular flexibility index (Phi) is 3.97. The first-order valence-electron chi connectivity index (χ1n) is 7.02. The fourth-order valence-corrected chi connectivity index (χ4v) is 2.25. The Hall–Kier alpha value is -3.28. The first-order chi connectivity index (χ1) is 11.1. The lowest BCUT2D eigenvalue weighted by molar-refractivity contribution is -0.119. The van der Waals surface area contributed by atoms with Crippen LogP contribution in [-0.2, 0) is 4.79 Å². The average molecular weight is 306 g/mol. The number of hydrazine groups is 1. The molecular weight excluding hydrogens is 292 g/mol. The van der Waals surface area contributed by atoms with Crippen molar-refractivity contribution >= 4 is 22.7 Å². The Morgan fingerprint density at radius 3 is 2.48 bits per heavy atom. The lowest BCUT2D eigenvalue weighted by atomic mass is 10.0. The molecule has 114 valence electrons. The van der Waals surface area contributed by atoms with Crippen molar-refractivity contribution in [2.75, 3.05) is 0 Å². The van der Waals surface area contributed by atoms with E-state index in [1.807, 2.05) is 36.4 Å². The van der Waals surface area contributed by atoms with Gasteiger partial charge in [-0.25, -0.2) is 4.98 Å². The molecule has 23 heavy (non-hydrogen) atoms. The molecule has 0 saturated carbocycles. The van der Waals surface area contributed by atoms with Crippen LogP contribution in [0, 0.1) is 0 Å². The lowest BCUT2D eigenvalue weighted by Crippen LogP contribution is -2.40. The van der Waals surface area contributed by atoms with Crippen molar-refractivity contribution in [3.05, 3.63) is 60.4 Å². The van der Waals surface area contributed by atoms with Gasteiger partial charge in [-0.1, -0.05) is 18.2 Å². The Morgan fingerprint density at radius 1 is 1.00 bits per heavy atom. The van der Waals surface area contributed by atoms with E-state index in [1.54, 1.807) is 18.5 Å². The molecule has 0 fully saturated rings. The smallest absolute Gasteiger partial charge is 0.270 e. The van der Waals surface area contributed by atoms with Crippen molar-refractivity contribution in [2.24, 2.45) is 0 Å². The molecule has 2 amide bonds. The normalized spacial score (nSPS) is 10.3. The minimum atomic E-state index is -0.394. The summed E-state index contributed by atoms with van der Waals surface area (Å²) in [5.74, 6) is -0.736. The van der Waals surface area contributed by atoms with Gasteiger partial charge in [0.05, 0.1) is 16.8 Å². The molecule has 6 nitrogen and oxygen atoms in total. The molecule has 0 atom stereocenters. The second kappa shape index (κ2) is 6.23. The number of pyridine rings is 2. The zero-order valence-electron chi connectivity index (χ0n) is 12.4. The van der Waals surface area contributed by atoms with Gasteiger partial charge in [0, 0.05) is 30.3 Å². The monoisotopic (exact) mass is 306 g/mol. The maximum atomic E-state index is 12.4. The van der Waals surface area contributed by atoms with E-state index in [0.29, 0.717) is 22.2 Å². The molecule has 2 aromatic heterocycles. The van der Waals surface area contributed by atoms with E-state index in [9.17, 15) is 9.59 Å². The first-order valence-corrected chi connectivity index (χ1v) is 7.02. The summed E-state index contributed by atoms with van der Waals surface area (Å²) in [6.45, 7) is 1.33. The van der Waals surface area contributed by atoms with Crippen LogP contribution in [0.3, 0.4) is 0 Å². The number of nitrogens with one attached hydrogen (secondary N) is 2. The highest BCUT2D eigenvalue weighted by Crippen LogP contribution is 2.24. The highest BCUT2D eigenvalue weighted by molar-refractivity contribution is 6.07. The van der Waals surface area contributed by atoms with Gasteiger partial charge in [0.25, 0.3) is 5.91 Å². The maximum Gasteiger partial charge on any atom is 0.270 e. The minimum absolute atomic E-state index is 0.342. The molecule has 6 heteroatoms. The third kappa shape index (κ3) is 3.16. The van der Waals surface area contributed by atoms with Crippen LogP contribution < -0.4 is 10.9 Å². The largest absolute Gasteiger partial charge is 0.274 e. The van der Waals surface area contributed by atoms with Gasteiger partial charge in [0.2, 0.25) is 5.91 Å². The molecule has 1 aromatic carbocycles. The predicted octanol–water partition coefficient (Wildman–Crippen LogP) is 2.08. The van der Waals surface area contributed by atoms with E-state index in [1.165, 1.54) is 6.92 Å². The number of hydrogen-bond acceptors (Lipinski definition) is 4. The van der Waals surface area contributed by atoms with Crippen LogP contribution in [0.15, 0.2) is 54.9 Å². The molecule has 2 heterocycles. The zero-order chi connectivity index (χ0) is 16.2. The fourth-order valence-electron chi connectivity index (χ4n) is 2.25. The second-order valence-electron chi connectivity index (χ2n) is 4.94. The number of fused-ring (bicyclic) bond motifs is 1. The molecule has 0 aliphatic heterocycles. The molecule has 0 unspecified atom stereocenters. The molecule has 0 saturated heterocycles. The molecule has 3 aromatic rings. The quantitative estimate of drug-likeness (QED) is 0.710. The minimum Gasteiger partial charge on any atom is -0.274 e. The van der Waals surface area contributed by atoms with E-state index in [2.05, 4.69) is 20.8 Å². The zero-order valence-corrected chi connectivity index (χ0v) is 12.4. The summed E-state index contributed by atoms with van der Waals surface area (Å²) in [6, 6.07) is 12.7. The van der Waals surface area contributed by atoms with Gasteiger partial charge in [-0.15, -0.1) is 0 Å². The summed E-state index contributed by atoms with van der Waals surface area (Å²) < 4.78 is 0. The van der Waals surface area contributed by atoms with Crippen LogP contribution >= 0.6 is 0 Å². The summed E-state index contributed by atoms with van der Waals surface area (Å²) >= 11 is 0. The number of rotatable bonds is 2. The first kappa shape index (κ1) is 14.6. The van der Waals surface area contributed by atoms with E-state index < -0.39 is 5.91 Å². The van der Waals surface area contributed by atoms with Crippen LogP contribution in [0.4, 0.5) is 0 Å². The summed E-state index contributed by atoms with van der Waals surface area (Å²) in [5.41, 5.74) is 7.36. The van der Waals surface area contributed by atoms with Gasteiger partial charge >= 0.3 is 0 Å². The number of benzene rings is 1. The van der Waals surface area contributed by atoms with Crippen molar-refractivity contribution in [3.8, 4) is 11.3 Å². The third-order valence-corrected chi connectivity index (χ3v) is 3.29. The Balaban J connectivity index is 2.11. The van der Waals surface area contributed by atoms with E-state index in [0.717, 1.165) is 5.56 Å². The predicted molar refractivity (Wildman–Crippen MR) is 86.3 cm³/mol. The SMILES string of the molecule is CC(=O)NNC(=O)c1cc(-c2ccncc2)nc2ccccc12. The van der Waals surface area contributed by atoms with Gasteiger partial charge in [0.1, 0.15) is 0 Å². The standard InChI is InChI=1S/C17H14N4O2/c1-11(22)20-21-17(23)14-10-16(12-6-8-18-9-7-12)19-15-5-3-2-4-13(14)15/h2-10H,1H3,(H,20,22)(H,21,23). The van der Waals surface area contributed by atoms with Gasteiger partial charge in [-0.3, -0.25) is 25.4 Å². The van der Waals surface area contributed by atoms with Crippen LogP contribution in [0.5, 0.6) is 0 Å². The maximum absolute atomic E-state index is 12.4. The number of hydrogen-bond donors (Lipinski definition) is 2. The Labute approximate surface area is 132 Å². The summed E-state index contributed by atoms with van der Waals surface area (Å²) in [5, 5.41) is 0.716. The summed E-state index contributed by atoms with van der Waals surface area (Å²) in [6.07, 6.45) is 3.34. The second-order valence-corrected chi connectivity index (χ2v) is 4.94. The Bertz CT molecular complexity index is 878. The molecule has 3 rings (SSSR count). The van der Waals surface area contributed by atoms with Gasteiger partial charge < -0.3 is 0 Å². The van der Waals surface area contributed by atoms with Crippen molar-refractivity contribution in [1.82, 2.24) is 20.8 Å². The van der Waals surface area contributed by atoms with Crippen LogP contribution in [0.2, 0.25) is 0 Å². The highest BCUT2D eigenvalue weighted by Gasteiger charge is 2.13. The molecule has 0 spiro atoms. The van der Waals surface area contributed by atoms with Gasteiger partial charge in [0.15, 0.2) is 0 Å². The van der Waals surface area contributed by atoms with Crippen molar-refractivity contribution < 1.29 is 9.59 Å². The summed E-state index contributed by atoms with van der Waals surface area (Å²) in [4.78, 5) is 31.9. The molecular formula is C17H14N4O2. The number of aromatic nitrogens is 2. The number of amides is 2. The van der Waals surface area contributed by atoms with Crippen LogP contribution in [0.1, 0.15) is 17.3 Å². The van der Waals surface area contributed by atoms with Crippen molar-refractivity contribution in [2.45, 2.75) is 6.92 Å². The molecule has 0 aliphatic rings. The lowest BCUT2D eigenvalue weighted by Gasteiger charge is -2.10. The number of carbonyl (C=O) groups excluding carboxylic acids is 2. The van der Waals surface area contributed by atoms with E-state index in [-0.39, 0.29) is 5.91 Å². The number of nitrogens with zero attached hydrogens (tertiary/aromatic N) is 2. The van der Waals surface area contributed by atoms with E-state index in [4.69, 9.17) is 0 Å². The topological polar surface area (TPSA) is 84.0 Å². The number of para-hydroxylation sites is 1. The average Bonchev–Trinajstić information content (AvgIpc) is 2.59. The molecule has 2 N–H and O–H groups in total. The van der Waals surface area contributed by atoms with Crippen LogP contribution in [0.25, 0.3) is 22.2 Å². The number of carbonyl (C=O) groups is 2. The van der Waals surface area contributed by atoms with Crippen molar-refractivity contribution in [1.29, 1.82) is 0 Å². The molecule has 0 bridgehead atoms. The highest BCUT2D eigenvalue weighted by atomic mass is 16.2. The fraction of sp³-hybridized carbons (Fsp3) is 0.0588. The van der Waals surface area contributed by atoms with Crippen LogP contribution in [-0.4, -0.2) is 21.8 Å². The molecule has 0 aliphatic carbocycles. The molecule has 0 radical (unpaired) electrons. The third-order valence-electron chi connectivity index (χ3n) is 3.29. The summed E-state index contributed by atoms with van der Waals surface area (Å²) in [7, 11) is 0.